The maximum absolute atomic E-state index is 12.1. The summed E-state index contributed by atoms with van der Waals surface area (Å²) in [5.41, 5.74) is 1.70. The summed E-state index contributed by atoms with van der Waals surface area (Å²) in [5.74, 6) is -0.842. The molecule has 2 aromatic rings. The van der Waals surface area contributed by atoms with Crippen molar-refractivity contribution in [1.82, 2.24) is 10.3 Å². The third kappa shape index (κ3) is 2.84. The highest BCUT2D eigenvalue weighted by Crippen LogP contribution is 2.16. The maximum Gasteiger partial charge on any atom is 0.328 e. The molecular formula is C14H18N2O4. The van der Waals surface area contributed by atoms with Gasteiger partial charge in [-0.2, -0.15) is 0 Å². The number of amides is 1. The number of fused-ring (bicyclic) bond motifs is 1. The Labute approximate surface area is 116 Å². The second kappa shape index (κ2) is 5.81. The van der Waals surface area contributed by atoms with Crippen molar-refractivity contribution in [1.29, 1.82) is 0 Å². The minimum atomic E-state index is -0.669. The number of hydrogen-bond donors (Lipinski definition) is 2. The van der Waals surface area contributed by atoms with Crippen LogP contribution in [0.2, 0.25) is 0 Å². The normalized spacial score (nSPS) is 12.6. The molecule has 0 aliphatic carbocycles. The molecule has 0 spiro atoms. The van der Waals surface area contributed by atoms with Gasteiger partial charge in [-0.15, -0.1) is 0 Å². The predicted molar refractivity (Wildman–Crippen MR) is 73.3 cm³/mol. The molecule has 1 atom stereocenters. The Morgan fingerprint density at radius 1 is 1.45 bits per heavy atom. The summed E-state index contributed by atoms with van der Waals surface area (Å²) in [4.78, 5) is 26.9. The Kier molecular flexibility index (Phi) is 4.12. The van der Waals surface area contributed by atoms with E-state index in [0.717, 1.165) is 5.52 Å². The molecular weight excluding hydrogens is 260 g/mol. The molecule has 0 unspecified atom stereocenters. The van der Waals surface area contributed by atoms with Crippen molar-refractivity contribution in [2.75, 3.05) is 6.61 Å². The zero-order valence-corrected chi connectivity index (χ0v) is 11.7. The lowest BCUT2D eigenvalue weighted by Crippen LogP contribution is -2.45. The zero-order chi connectivity index (χ0) is 14.7. The van der Waals surface area contributed by atoms with E-state index in [1.54, 1.807) is 25.3 Å². The van der Waals surface area contributed by atoms with Crippen molar-refractivity contribution in [2.24, 2.45) is 5.92 Å². The second-order valence-electron chi connectivity index (χ2n) is 4.83. The van der Waals surface area contributed by atoms with Crippen LogP contribution in [0.3, 0.4) is 0 Å². The fourth-order valence-corrected chi connectivity index (χ4v) is 1.92. The van der Waals surface area contributed by atoms with Gasteiger partial charge in [-0.25, -0.2) is 4.79 Å². The van der Waals surface area contributed by atoms with Crippen LogP contribution in [0.1, 0.15) is 31.3 Å². The molecule has 0 fully saturated rings. The summed E-state index contributed by atoms with van der Waals surface area (Å²) < 4.78 is 10.1. The van der Waals surface area contributed by atoms with E-state index in [1.807, 2.05) is 13.8 Å². The Morgan fingerprint density at radius 3 is 2.80 bits per heavy atom. The molecule has 2 N–H and O–H groups in total. The van der Waals surface area contributed by atoms with Gasteiger partial charge in [-0.1, -0.05) is 13.8 Å². The molecule has 0 saturated heterocycles. The molecule has 0 radical (unpaired) electrons. The topological polar surface area (TPSA) is 84.3 Å². The van der Waals surface area contributed by atoms with E-state index >= 15 is 0 Å². The molecule has 6 nitrogen and oxygen atoms in total. The highest BCUT2D eigenvalue weighted by molar-refractivity contribution is 5.98. The molecule has 20 heavy (non-hydrogen) atoms. The van der Waals surface area contributed by atoms with E-state index in [0.29, 0.717) is 11.3 Å². The van der Waals surface area contributed by atoms with Gasteiger partial charge >= 0.3 is 5.97 Å². The number of hydrogen-bond acceptors (Lipinski definition) is 4. The fourth-order valence-electron chi connectivity index (χ4n) is 1.92. The number of carbonyl (C=O) groups excluding carboxylic acids is 2. The molecule has 0 saturated carbocycles. The molecule has 108 valence electrons. The fraction of sp³-hybridized carbons (Fsp3) is 0.429. The summed E-state index contributed by atoms with van der Waals surface area (Å²) in [6.07, 6.45) is 1.54. The van der Waals surface area contributed by atoms with Crippen LogP contribution in [-0.4, -0.2) is 29.5 Å². The van der Waals surface area contributed by atoms with E-state index in [-0.39, 0.29) is 18.4 Å². The number of aromatic amines is 1. The van der Waals surface area contributed by atoms with Crippen LogP contribution >= 0.6 is 0 Å². The average molecular weight is 278 g/mol. The highest BCUT2D eigenvalue weighted by Gasteiger charge is 2.26. The summed E-state index contributed by atoms with van der Waals surface area (Å²) >= 11 is 0. The largest absolute Gasteiger partial charge is 0.464 e. The van der Waals surface area contributed by atoms with Crippen molar-refractivity contribution in [3.8, 4) is 0 Å². The first kappa shape index (κ1) is 14.2. The molecule has 0 aliphatic rings. The van der Waals surface area contributed by atoms with Crippen LogP contribution in [-0.2, 0) is 9.53 Å². The van der Waals surface area contributed by atoms with Gasteiger partial charge in [-0.05, 0) is 12.8 Å². The third-order valence-electron chi connectivity index (χ3n) is 2.98. The van der Waals surface area contributed by atoms with Crippen LogP contribution in [0.15, 0.2) is 22.8 Å². The minimum absolute atomic E-state index is 0.0593. The van der Waals surface area contributed by atoms with Crippen LogP contribution in [0, 0.1) is 5.92 Å². The third-order valence-corrected chi connectivity index (χ3v) is 2.98. The van der Waals surface area contributed by atoms with Crippen LogP contribution in [0.4, 0.5) is 0 Å². The van der Waals surface area contributed by atoms with Gasteiger partial charge in [0.05, 0.1) is 18.4 Å². The summed E-state index contributed by atoms with van der Waals surface area (Å²) in [5, 5.41) is 2.68. The monoisotopic (exact) mass is 278 g/mol. The molecule has 0 bridgehead atoms. The Balaban J connectivity index is 2.11. The van der Waals surface area contributed by atoms with E-state index in [2.05, 4.69) is 10.3 Å². The number of nitrogens with one attached hydrogen (secondary N) is 2. The van der Waals surface area contributed by atoms with Gasteiger partial charge in [0.2, 0.25) is 0 Å². The number of furan rings is 1. The molecule has 2 aromatic heterocycles. The van der Waals surface area contributed by atoms with Crippen molar-refractivity contribution in [3.05, 3.63) is 24.1 Å². The number of rotatable bonds is 5. The van der Waals surface area contributed by atoms with Crippen molar-refractivity contribution < 1.29 is 18.7 Å². The Bertz CT molecular complexity index is 583. The first-order valence-corrected chi connectivity index (χ1v) is 6.56. The lowest BCUT2D eigenvalue weighted by atomic mass is 10.0. The quantitative estimate of drug-likeness (QED) is 0.820. The van der Waals surface area contributed by atoms with Gasteiger partial charge in [0, 0.05) is 12.1 Å². The zero-order valence-electron chi connectivity index (χ0n) is 11.7. The number of carbonyl (C=O) groups is 2. The van der Waals surface area contributed by atoms with Crippen LogP contribution in [0.5, 0.6) is 0 Å². The highest BCUT2D eigenvalue weighted by atomic mass is 16.5. The van der Waals surface area contributed by atoms with Gasteiger partial charge in [-0.3, -0.25) is 4.79 Å². The maximum atomic E-state index is 12.1. The Hall–Kier alpha value is -2.24. The molecule has 6 heteroatoms. The van der Waals surface area contributed by atoms with E-state index in [9.17, 15) is 9.59 Å². The minimum Gasteiger partial charge on any atom is -0.464 e. The first-order chi connectivity index (χ1) is 9.52. The van der Waals surface area contributed by atoms with Crippen molar-refractivity contribution >= 4 is 23.0 Å². The van der Waals surface area contributed by atoms with Crippen LogP contribution in [0.25, 0.3) is 11.1 Å². The van der Waals surface area contributed by atoms with E-state index < -0.39 is 12.0 Å². The van der Waals surface area contributed by atoms with E-state index in [4.69, 9.17) is 9.15 Å². The SMILES string of the molecule is CCOC(=O)[C@@H](NC(=O)c1cc2occc2[nH]1)C(C)C. The summed E-state index contributed by atoms with van der Waals surface area (Å²) in [6.45, 7) is 5.72. The smallest absolute Gasteiger partial charge is 0.328 e. The number of H-pyrrole nitrogens is 1. The predicted octanol–water partition coefficient (Wildman–Crippen LogP) is 2.08. The van der Waals surface area contributed by atoms with Crippen LogP contribution < -0.4 is 5.32 Å². The average Bonchev–Trinajstić information content (AvgIpc) is 2.95. The van der Waals surface area contributed by atoms with E-state index in [1.165, 1.54) is 0 Å². The van der Waals surface area contributed by atoms with Gasteiger partial charge in [0.15, 0.2) is 5.58 Å². The summed E-state index contributed by atoms with van der Waals surface area (Å²) in [7, 11) is 0. The second-order valence-corrected chi connectivity index (χ2v) is 4.83. The Morgan fingerprint density at radius 2 is 2.20 bits per heavy atom. The lowest BCUT2D eigenvalue weighted by molar-refractivity contribution is -0.146. The summed E-state index contributed by atoms with van der Waals surface area (Å²) in [6, 6.07) is 2.67. The number of esters is 1. The number of aromatic nitrogens is 1. The van der Waals surface area contributed by atoms with Crippen molar-refractivity contribution in [3.63, 3.8) is 0 Å². The standard InChI is InChI=1S/C14H18N2O4/c1-4-19-14(18)12(8(2)3)16-13(17)10-7-11-9(15-10)5-6-20-11/h5-8,12,15H,4H2,1-3H3,(H,16,17)/t12-/m0/s1. The molecule has 0 aromatic carbocycles. The van der Waals surface area contributed by atoms with Gasteiger partial charge < -0.3 is 19.5 Å². The molecule has 2 heterocycles. The lowest BCUT2D eigenvalue weighted by Gasteiger charge is -2.20. The molecule has 2 rings (SSSR count). The van der Waals surface area contributed by atoms with Gasteiger partial charge in [0.1, 0.15) is 11.7 Å². The molecule has 0 aliphatic heterocycles. The molecule has 1 amide bonds. The van der Waals surface area contributed by atoms with Crippen molar-refractivity contribution in [2.45, 2.75) is 26.8 Å². The first-order valence-electron chi connectivity index (χ1n) is 6.56. The van der Waals surface area contributed by atoms with Gasteiger partial charge in [0.25, 0.3) is 5.91 Å². The number of ether oxygens (including phenoxy) is 1.